The molecule has 1 aliphatic rings. The fourth-order valence-corrected chi connectivity index (χ4v) is 3.47. The van der Waals surface area contributed by atoms with E-state index >= 15 is 0 Å². The van der Waals surface area contributed by atoms with Crippen molar-refractivity contribution in [2.75, 3.05) is 19.6 Å². The Morgan fingerprint density at radius 3 is 2.48 bits per heavy atom. The lowest BCUT2D eigenvalue weighted by atomic mass is 10.0. The zero-order chi connectivity index (χ0) is 17.9. The van der Waals surface area contributed by atoms with Gasteiger partial charge in [0.25, 0.3) is 0 Å². The SMILES string of the molecule is CC(NCC(c1ccco1)N1CCCC1)c1ccccc1C(F)(F)F. The molecule has 0 bridgehead atoms. The van der Waals surface area contributed by atoms with Crippen molar-refractivity contribution < 1.29 is 17.6 Å². The Morgan fingerprint density at radius 1 is 1.12 bits per heavy atom. The lowest BCUT2D eigenvalue weighted by Gasteiger charge is -2.28. The molecule has 1 fully saturated rings. The van der Waals surface area contributed by atoms with Crippen LogP contribution in [0.25, 0.3) is 0 Å². The van der Waals surface area contributed by atoms with Gasteiger partial charge in [-0.15, -0.1) is 0 Å². The summed E-state index contributed by atoms with van der Waals surface area (Å²) < 4.78 is 45.2. The summed E-state index contributed by atoms with van der Waals surface area (Å²) in [5.41, 5.74) is -0.305. The number of halogens is 3. The molecule has 1 aromatic carbocycles. The van der Waals surface area contributed by atoms with E-state index in [1.165, 1.54) is 12.1 Å². The van der Waals surface area contributed by atoms with Crippen molar-refractivity contribution >= 4 is 0 Å². The lowest BCUT2D eigenvalue weighted by molar-refractivity contribution is -0.138. The summed E-state index contributed by atoms with van der Waals surface area (Å²) in [6.45, 7) is 4.29. The predicted molar refractivity (Wildman–Crippen MR) is 90.1 cm³/mol. The normalized spacial score (nSPS) is 18.4. The standard InChI is InChI=1S/C19H23F3N2O/c1-14(15-7-2-3-8-16(15)19(20,21)22)23-13-17(18-9-6-12-25-18)24-10-4-5-11-24/h2-3,6-9,12,14,17,23H,4-5,10-11,13H2,1H3. The van der Waals surface area contributed by atoms with E-state index in [1.807, 2.05) is 12.1 Å². The van der Waals surface area contributed by atoms with Crippen molar-refractivity contribution in [3.05, 3.63) is 59.5 Å². The minimum absolute atomic E-state index is 0.0398. The molecule has 25 heavy (non-hydrogen) atoms. The van der Waals surface area contributed by atoms with Gasteiger partial charge in [0.05, 0.1) is 17.9 Å². The number of hydrogen-bond acceptors (Lipinski definition) is 3. The number of rotatable bonds is 6. The number of alkyl halides is 3. The van der Waals surface area contributed by atoms with Gasteiger partial charge in [0.15, 0.2) is 0 Å². The molecule has 3 nitrogen and oxygen atoms in total. The molecule has 1 aromatic heterocycles. The van der Waals surface area contributed by atoms with Gasteiger partial charge in [-0.3, -0.25) is 4.90 Å². The highest BCUT2D eigenvalue weighted by Gasteiger charge is 2.34. The molecule has 1 saturated heterocycles. The summed E-state index contributed by atoms with van der Waals surface area (Å²) >= 11 is 0. The van der Waals surface area contributed by atoms with Crippen LogP contribution in [-0.2, 0) is 6.18 Å². The monoisotopic (exact) mass is 352 g/mol. The number of furan rings is 1. The minimum atomic E-state index is -4.35. The summed E-state index contributed by atoms with van der Waals surface area (Å²) in [5.74, 6) is 0.853. The molecule has 0 amide bonds. The Kier molecular flexibility index (Phi) is 5.49. The average Bonchev–Trinajstić information content (AvgIpc) is 3.28. The van der Waals surface area contributed by atoms with Crippen molar-refractivity contribution in [3.8, 4) is 0 Å². The van der Waals surface area contributed by atoms with Gasteiger partial charge in [-0.2, -0.15) is 13.2 Å². The van der Waals surface area contributed by atoms with Gasteiger partial charge in [-0.05, 0) is 56.6 Å². The van der Waals surface area contributed by atoms with Crippen LogP contribution >= 0.6 is 0 Å². The Labute approximate surface area is 145 Å². The first-order chi connectivity index (χ1) is 12.0. The Balaban J connectivity index is 1.73. The maximum Gasteiger partial charge on any atom is 0.416 e. The van der Waals surface area contributed by atoms with Gasteiger partial charge in [0.1, 0.15) is 5.76 Å². The van der Waals surface area contributed by atoms with Gasteiger partial charge in [0, 0.05) is 12.6 Å². The van der Waals surface area contributed by atoms with Crippen LogP contribution in [0.3, 0.4) is 0 Å². The van der Waals surface area contributed by atoms with E-state index in [0.717, 1.165) is 37.8 Å². The van der Waals surface area contributed by atoms with E-state index < -0.39 is 17.8 Å². The van der Waals surface area contributed by atoms with E-state index in [1.54, 1.807) is 19.3 Å². The molecule has 1 aliphatic heterocycles. The van der Waals surface area contributed by atoms with Gasteiger partial charge in [0.2, 0.25) is 0 Å². The first kappa shape index (κ1) is 18.0. The van der Waals surface area contributed by atoms with Crippen molar-refractivity contribution in [3.63, 3.8) is 0 Å². The fourth-order valence-electron chi connectivity index (χ4n) is 3.47. The van der Waals surface area contributed by atoms with Crippen LogP contribution in [0.2, 0.25) is 0 Å². The zero-order valence-electron chi connectivity index (χ0n) is 14.2. The van der Waals surface area contributed by atoms with Crippen molar-refractivity contribution in [1.82, 2.24) is 10.2 Å². The van der Waals surface area contributed by atoms with Gasteiger partial charge < -0.3 is 9.73 Å². The molecule has 0 radical (unpaired) electrons. The molecule has 2 atom stereocenters. The Morgan fingerprint density at radius 2 is 1.84 bits per heavy atom. The van der Waals surface area contributed by atoms with Crippen LogP contribution in [0.4, 0.5) is 13.2 Å². The highest BCUT2D eigenvalue weighted by atomic mass is 19.4. The van der Waals surface area contributed by atoms with Gasteiger partial charge in [-0.25, -0.2) is 0 Å². The number of likely N-dealkylation sites (tertiary alicyclic amines) is 1. The highest BCUT2D eigenvalue weighted by molar-refractivity contribution is 5.32. The van der Waals surface area contributed by atoms with E-state index in [2.05, 4.69) is 10.2 Å². The largest absolute Gasteiger partial charge is 0.468 e. The molecule has 0 spiro atoms. The molecule has 3 rings (SSSR count). The maximum absolute atomic E-state index is 13.2. The Hall–Kier alpha value is -1.79. The third kappa shape index (κ3) is 4.25. The fraction of sp³-hybridized carbons (Fsp3) is 0.474. The van der Waals surface area contributed by atoms with Gasteiger partial charge >= 0.3 is 6.18 Å². The van der Waals surface area contributed by atoms with E-state index in [4.69, 9.17) is 4.42 Å². The van der Waals surface area contributed by atoms with Crippen molar-refractivity contribution in [2.45, 2.75) is 38.0 Å². The summed E-state index contributed by atoms with van der Waals surface area (Å²) in [6.07, 6.45) is -0.421. The van der Waals surface area contributed by atoms with Crippen molar-refractivity contribution in [1.29, 1.82) is 0 Å². The Bertz CT molecular complexity index is 664. The first-order valence-electron chi connectivity index (χ1n) is 8.64. The molecule has 2 unspecified atom stereocenters. The summed E-state index contributed by atoms with van der Waals surface area (Å²) in [7, 11) is 0. The molecule has 6 heteroatoms. The van der Waals surface area contributed by atoms with Crippen molar-refractivity contribution in [2.24, 2.45) is 0 Å². The topological polar surface area (TPSA) is 28.4 Å². The highest BCUT2D eigenvalue weighted by Crippen LogP contribution is 2.34. The third-order valence-electron chi connectivity index (χ3n) is 4.80. The molecule has 0 saturated carbocycles. The van der Waals surface area contributed by atoms with E-state index in [-0.39, 0.29) is 11.6 Å². The molecule has 2 heterocycles. The van der Waals surface area contributed by atoms with E-state index in [9.17, 15) is 13.2 Å². The third-order valence-corrected chi connectivity index (χ3v) is 4.80. The second-order valence-electron chi connectivity index (χ2n) is 6.49. The van der Waals surface area contributed by atoms with Crippen LogP contribution in [0.15, 0.2) is 47.1 Å². The molecule has 2 aromatic rings. The number of benzene rings is 1. The number of nitrogens with one attached hydrogen (secondary N) is 1. The van der Waals surface area contributed by atoms with Crippen LogP contribution in [0.5, 0.6) is 0 Å². The lowest BCUT2D eigenvalue weighted by Crippen LogP contribution is -2.35. The number of hydrogen-bond donors (Lipinski definition) is 1. The second-order valence-corrected chi connectivity index (χ2v) is 6.49. The van der Waals surface area contributed by atoms with E-state index in [0.29, 0.717) is 6.54 Å². The molecule has 136 valence electrons. The first-order valence-corrected chi connectivity index (χ1v) is 8.64. The van der Waals surface area contributed by atoms with Crippen LogP contribution in [0.1, 0.15) is 48.7 Å². The molecular weight excluding hydrogens is 329 g/mol. The predicted octanol–water partition coefficient (Wildman–Crippen LogP) is 4.79. The van der Waals surface area contributed by atoms with Gasteiger partial charge in [-0.1, -0.05) is 18.2 Å². The molecular formula is C19H23F3N2O. The maximum atomic E-state index is 13.2. The van der Waals surface area contributed by atoms with Crippen LogP contribution < -0.4 is 5.32 Å². The molecule has 1 N–H and O–H groups in total. The zero-order valence-corrected chi connectivity index (χ0v) is 14.2. The second kappa shape index (κ2) is 7.62. The average molecular weight is 352 g/mol. The minimum Gasteiger partial charge on any atom is -0.468 e. The number of nitrogens with zero attached hydrogens (tertiary/aromatic N) is 1. The molecule has 0 aliphatic carbocycles. The van der Waals surface area contributed by atoms with Crippen LogP contribution in [-0.4, -0.2) is 24.5 Å². The quantitative estimate of drug-likeness (QED) is 0.810. The summed E-state index contributed by atoms with van der Waals surface area (Å²) in [5, 5.41) is 3.28. The van der Waals surface area contributed by atoms with Crippen LogP contribution in [0, 0.1) is 0 Å². The smallest absolute Gasteiger partial charge is 0.416 e. The summed E-state index contributed by atoms with van der Waals surface area (Å²) in [4.78, 5) is 2.33. The summed E-state index contributed by atoms with van der Waals surface area (Å²) in [6, 6.07) is 9.16.